The fourth-order valence-corrected chi connectivity index (χ4v) is 1.46. The van der Waals surface area contributed by atoms with Gasteiger partial charge in [0.25, 0.3) is 6.43 Å². The van der Waals surface area contributed by atoms with E-state index in [-0.39, 0.29) is 0 Å². The van der Waals surface area contributed by atoms with Crippen LogP contribution in [-0.4, -0.2) is 4.98 Å². The van der Waals surface area contributed by atoms with Crippen molar-refractivity contribution < 1.29 is 22.0 Å². The van der Waals surface area contributed by atoms with Crippen molar-refractivity contribution in [1.82, 2.24) is 4.98 Å². The quantitative estimate of drug-likeness (QED) is 0.682. The van der Waals surface area contributed by atoms with Crippen LogP contribution in [0.1, 0.15) is 23.2 Å². The summed E-state index contributed by atoms with van der Waals surface area (Å²) >= 11 is 5.26. The second-order valence-electron chi connectivity index (χ2n) is 2.79. The minimum Gasteiger partial charge on any atom is -0.253 e. The first-order valence-electron chi connectivity index (χ1n) is 3.75. The van der Waals surface area contributed by atoms with E-state index in [9.17, 15) is 22.0 Å². The molecule has 1 aromatic heterocycles. The molecule has 1 aromatic rings. The topological polar surface area (TPSA) is 12.9 Å². The average Bonchev–Trinajstić information content (AvgIpc) is 2.00. The molecule has 15 heavy (non-hydrogen) atoms. The van der Waals surface area contributed by atoms with Crippen LogP contribution in [0.5, 0.6) is 0 Å². The Balaban J connectivity index is 3.44. The number of hydrogen-bond donors (Lipinski definition) is 0. The Morgan fingerprint density at radius 3 is 2.27 bits per heavy atom. The molecule has 7 heteroatoms. The van der Waals surface area contributed by atoms with E-state index in [1.807, 2.05) is 0 Å². The van der Waals surface area contributed by atoms with E-state index in [2.05, 4.69) is 4.98 Å². The van der Waals surface area contributed by atoms with Crippen molar-refractivity contribution in [2.45, 2.75) is 19.5 Å². The zero-order valence-electron chi connectivity index (χ0n) is 7.37. The summed E-state index contributed by atoms with van der Waals surface area (Å²) in [7, 11) is 0. The molecule has 84 valence electrons. The SMILES string of the molecule is Cc1c(C(F)F)ncc(Cl)c1C(F)(F)F. The third kappa shape index (κ3) is 2.37. The van der Waals surface area contributed by atoms with Crippen LogP contribution in [0.25, 0.3) is 0 Å². The largest absolute Gasteiger partial charge is 0.418 e. The summed E-state index contributed by atoms with van der Waals surface area (Å²) in [5.74, 6) is 0. The first-order valence-corrected chi connectivity index (χ1v) is 4.13. The molecule has 0 spiro atoms. The molecule has 0 aliphatic carbocycles. The Labute approximate surface area is 86.9 Å². The lowest BCUT2D eigenvalue weighted by Gasteiger charge is -2.14. The van der Waals surface area contributed by atoms with Gasteiger partial charge in [0.15, 0.2) is 0 Å². The third-order valence-corrected chi connectivity index (χ3v) is 2.09. The maximum Gasteiger partial charge on any atom is 0.418 e. The van der Waals surface area contributed by atoms with Crippen LogP contribution < -0.4 is 0 Å². The minimum atomic E-state index is -4.76. The fraction of sp³-hybridized carbons (Fsp3) is 0.375. The molecule has 0 unspecified atom stereocenters. The number of alkyl halides is 5. The molecule has 0 aliphatic rings. The highest BCUT2D eigenvalue weighted by atomic mass is 35.5. The normalized spacial score (nSPS) is 12.3. The zero-order chi connectivity index (χ0) is 11.8. The van der Waals surface area contributed by atoms with Gasteiger partial charge in [-0.3, -0.25) is 4.98 Å². The molecular weight excluding hydrogens is 241 g/mol. The molecule has 0 amide bonds. The molecule has 0 saturated heterocycles. The van der Waals surface area contributed by atoms with Gasteiger partial charge in [-0.2, -0.15) is 13.2 Å². The van der Waals surface area contributed by atoms with Crippen LogP contribution in [0.3, 0.4) is 0 Å². The van der Waals surface area contributed by atoms with Gasteiger partial charge in [0.2, 0.25) is 0 Å². The van der Waals surface area contributed by atoms with E-state index in [4.69, 9.17) is 11.6 Å². The molecule has 0 aliphatic heterocycles. The Kier molecular flexibility index (Phi) is 3.18. The zero-order valence-corrected chi connectivity index (χ0v) is 8.13. The molecule has 0 N–H and O–H groups in total. The minimum absolute atomic E-state index is 0.582. The molecule has 0 saturated carbocycles. The van der Waals surface area contributed by atoms with Crippen molar-refractivity contribution in [2.75, 3.05) is 0 Å². The van der Waals surface area contributed by atoms with Gasteiger partial charge < -0.3 is 0 Å². The van der Waals surface area contributed by atoms with E-state index in [1.165, 1.54) is 0 Å². The number of aromatic nitrogens is 1. The van der Waals surface area contributed by atoms with E-state index in [0.29, 0.717) is 6.20 Å². The highest BCUT2D eigenvalue weighted by Crippen LogP contribution is 2.39. The summed E-state index contributed by atoms with van der Waals surface area (Å²) in [6.45, 7) is 0.920. The van der Waals surface area contributed by atoms with Crippen molar-refractivity contribution in [1.29, 1.82) is 0 Å². The lowest BCUT2D eigenvalue weighted by atomic mass is 10.1. The van der Waals surface area contributed by atoms with Crippen LogP contribution in [0.15, 0.2) is 6.20 Å². The summed E-state index contributed by atoms with van der Waals surface area (Å²) < 4.78 is 61.7. The number of hydrogen-bond acceptors (Lipinski definition) is 1. The summed E-state index contributed by atoms with van der Waals surface area (Å²) in [6, 6.07) is 0. The first kappa shape index (κ1) is 12.2. The lowest BCUT2D eigenvalue weighted by molar-refractivity contribution is -0.138. The molecule has 1 heterocycles. The Morgan fingerprint density at radius 2 is 1.87 bits per heavy atom. The van der Waals surface area contributed by atoms with Gasteiger partial charge in [-0.1, -0.05) is 11.6 Å². The second kappa shape index (κ2) is 3.92. The van der Waals surface area contributed by atoms with Crippen molar-refractivity contribution in [3.63, 3.8) is 0 Å². The summed E-state index contributed by atoms with van der Waals surface area (Å²) in [4.78, 5) is 3.17. The molecule has 0 fully saturated rings. The van der Waals surface area contributed by atoms with Crippen molar-refractivity contribution in [3.8, 4) is 0 Å². The second-order valence-corrected chi connectivity index (χ2v) is 3.20. The molecule has 0 bridgehead atoms. The van der Waals surface area contributed by atoms with Crippen LogP contribution >= 0.6 is 11.6 Å². The van der Waals surface area contributed by atoms with Crippen molar-refractivity contribution >= 4 is 11.6 Å². The maximum absolute atomic E-state index is 12.4. The summed E-state index contributed by atoms with van der Waals surface area (Å²) in [6.07, 6.45) is -7.23. The Hall–Kier alpha value is -0.910. The van der Waals surface area contributed by atoms with Gasteiger partial charge >= 0.3 is 6.18 Å². The first-order chi connectivity index (χ1) is 6.75. The molecule has 0 radical (unpaired) electrons. The van der Waals surface area contributed by atoms with Gasteiger partial charge in [0, 0.05) is 6.20 Å². The Bertz CT molecular complexity index is 374. The predicted octanol–water partition coefficient (Wildman–Crippen LogP) is 4.00. The van der Waals surface area contributed by atoms with E-state index in [1.54, 1.807) is 0 Å². The number of nitrogens with zero attached hydrogens (tertiary/aromatic N) is 1. The van der Waals surface area contributed by atoms with Gasteiger partial charge in [-0.25, -0.2) is 8.78 Å². The summed E-state index contributed by atoms with van der Waals surface area (Å²) in [5.41, 5.74) is -2.79. The monoisotopic (exact) mass is 245 g/mol. The molecule has 1 nitrogen and oxygen atoms in total. The molecule has 0 atom stereocenters. The molecular formula is C8H5ClF5N. The smallest absolute Gasteiger partial charge is 0.253 e. The number of halogens is 6. The van der Waals surface area contributed by atoms with Crippen LogP contribution in [-0.2, 0) is 6.18 Å². The van der Waals surface area contributed by atoms with Crippen LogP contribution in [0.4, 0.5) is 22.0 Å². The lowest BCUT2D eigenvalue weighted by Crippen LogP contribution is -2.11. The van der Waals surface area contributed by atoms with E-state index < -0.39 is 34.4 Å². The molecule has 1 rings (SSSR count). The standard InChI is InChI=1S/C8H5ClF5N/c1-3-5(8(12,13)14)4(9)2-15-6(3)7(10)11/h2,7H,1H3. The number of pyridine rings is 1. The summed E-state index contributed by atoms with van der Waals surface area (Å²) in [5, 5.41) is -0.676. The van der Waals surface area contributed by atoms with Gasteiger partial charge in [-0.05, 0) is 12.5 Å². The fourth-order valence-electron chi connectivity index (χ4n) is 1.16. The van der Waals surface area contributed by atoms with E-state index >= 15 is 0 Å². The van der Waals surface area contributed by atoms with Gasteiger partial charge in [0.05, 0.1) is 10.6 Å². The highest BCUT2D eigenvalue weighted by Gasteiger charge is 2.37. The average molecular weight is 246 g/mol. The third-order valence-electron chi connectivity index (χ3n) is 1.81. The van der Waals surface area contributed by atoms with E-state index in [0.717, 1.165) is 6.92 Å². The Morgan fingerprint density at radius 1 is 1.33 bits per heavy atom. The highest BCUT2D eigenvalue weighted by molar-refractivity contribution is 6.31. The van der Waals surface area contributed by atoms with Crippen molar-refractivity contribution in [3.05, 3.63) is 28.0 Å². The number of rotatable bonds is 1. The predicted molar refractivity (Wildman–Crippen MR) is 43.9 cm³/mol. The van der Waals surface area contributed by atoms with Crippen molar-refractivity contribution in [2.24, 2.45) is 0 Å². The molecule has 0 aromatic carbocycles. The van der Waals surface area contributed by atoms with Gasteiger partial charge in [0.1, 0.15) is 5.69 Å². The van der Waals surface area contributed by atoms with Crippen LogP contribution in [0.2, 0.25) is 5.02 Å². The van der Waals surface area contributed by atoms with Gasteiger partial charge in [-0.15, -0.1) is 0 Å². The van der Waals surface area contributed by atoms with Crippen LogP contribution in [0, 0.1) is 6.92 Å². The maximum atomic E-state index is 12.4.